The van der Waals surface area contributed by atoms with Crippen LogP contribution in [0.25, 0.3) is 0 Å². The fraction of sp³-hybridized carbons (Fsp3) is 0.667. The summed E-state index contributed by atoms with van der Waals surface area (Å²) in [4.78, 5) is 11.0. The summed E-state index contributed by atoms with van der Waals surface area (Å²) in [5, 5.41) is 0. The van der Waals surface area contributed by atoms with Gasteiger partial charge in [-0.25, -0.2) is 0 Å². The lowest BCUT2D eigenvalue weighted by Gasteiger charge is -2.12. The summed E-state index contributed by atoms with van der Waals surface area (Å²) >= 11 is 0. The molecule has 1 heteroatoms. The van der Waals surface area contributed by atoms with Crippen LogP contribution in [0.3, 0.4) is 0 Å². The van der Waals surface area contributed by atoms with Crippen molar-refractivity contribution in [1.29, 1.82) is 0 Å². The number of allylic oxidation sites excluding steroid dienone is 8. The van der Waals surface area contributed by atoms with Gasteiger partial charge in [0.05, 0.1) is 0 Å². The maximum Gasteiger partial charge on any atom is 0.130 e. The minimum atomic E-state index is 0.281. The van der Waals surface area contributed by atoms with Gasteiger partial charge in [-0.3, -0.25) is 0 Å². The van der Waals surface area contributed by atoms with Crippen LogP contribution in [0, 0.1) is 5.92 Å². The van der Waals surface area contributed by atoms with Gasteiger partial charge in [-0.05, 0) is 91.9 Å². The van der Waals surface area contributed by atoms with E-state index in [9.17, 15) is 4.79 Å². The van der Waals surface area contributed by atoms with E-state index in [1.54, 1.807) is 12.5 Å². The maximum atomic E-state index is 11.0. The van der Waals surface area contributed by atoms with Gasteiger partial charge in [-0.2, -0.15) is 0 Å². The number of Topliss-reactive ketones (excluding diaryl/α,β-unsaturated/α-hetero) is 1. The minimum absolute atomic E-state index is 0.281. The molecule has 0 aromatic rings. The number of rotatable bonds is 15. The predicted molar refractivity (Wildman–Crippen MR) is 127 cm³/mol. The molecule has 0 aromatic carbocycles. The van der Waals surface area contributed by atoms with E-state index < -0.39 is 0 Å². The molecule has 0 saturated heterocycles. The number of carbonyl (C=O) groups excluding carboxylic acids is 1. The van der Waals surface area contributed by atoms with Crippen molar-refractivity contribution in [3.63, 3.8) is 0 Å². The molecular weight excluding hydrogens is 340 g/mol. The fourth-order valence-corrected chi connectivity index (χ4v) is 3.20. The summed E-state index contributed by atoms with van der Waals surface area (Å²) < 4.78 is 0. The molecule has 0 heterocycles. The van der Waals surface area contributed by atoms with E-state index in [0.29, 0.717) is 6.42 Å². The molecular formula is C27H46O. The van der Waals surface area contributed by atoms with E-state index in [0.717, 1.165) is 38.0 Å². The first kappa shape index (κ1) is 26.6. The molecule has 1 nitrogen and oxygen atoms in total. The zero-order chi connectivity index (χ0) is 21.4. The Morgan fingerprint density at radius 2 is 1.21 bits per heavy atom. The molecule has 0 radical (unpaired) electrons. The highest BCUT2D eigenvalue weighted by Gasteiger charge is 2.04. The number of hydrogen-bond donors (Lipinski definition) is 0. The lowest BCUT2D eigenvalue weighted by Crippen LogP contribution is -1.96. The van der Waals surface area contributed by atoms with Crippen LogP contribution in [0.2, 0.25) is 0 Å². The summed E-state index contributed by atoms with van der Waals surface area (Å²) in [5.74, 6) is 1.05. The molecule has 0 bridgehead atoms. The van der Waals surface area contributed by atoms with Crippen molar-refractivity contribution in [2.45, 2.75) is 113 Å². The van der Waals surface area contributed by atoms with Gasteiger partial charge in [0.1, 0.15) is 5.78 Å². The van der Waals surface area contributed by atoms with Crippen LogP contribution in [-0.2, 0) is 4.79 Å². The van der Waals surface area contributed by atoms with Crippen molar-refractivity contribution in [2.75, 3.05) is 0 Å². The Morgan fingerprint density at radius 3 is 1.71 bits per heavy atom. The third-order valence-corrected chi connectivity index (χ3v) is 5.32. The highest BCUT2D eigenvalue weighted by Crippen LogP contribution is 2.22. The molecule has 0 aliphatic carbocycles. The third-order valence-electron chi connectivity index (χ3n) is 5.32. The highest BCUT2D eigenvalue weighted by atomic mass is 16.1. The Morgan fingerprint density at radius 1 is 0.714 bits per heavy atom. The molecule has 1 unspecified atom stereocenters. The van der Waals surface area contributed by atoms with Gasteiger partial charge in [-0.1, -0.05) is 66.9 Å². The average Bonchev–Trinajstić information content (AvgIpc) is 2.60. The van der Waals surface area contributed by atoms with Gasteiger partial charge in [0.15, 0.2) is 0 Å². The van der Waals surface area contributed by atoms with Crippen LogP contribution in [0.1, 0.15) is 113 Å². The lowest BCUT2D eigenvalue weighted by molar-refractivity contribution is -0.116. The van der Waals surface area contributed by atoms with Crippen molar-refractivity contribution in [3.05, 3.63) is 46.6 Å². The number of ketones is 1. The van der Waals surface area contributed by atoms with Gasteiger partial charge in [0, 0.05) is 6.42 Å². The highest BCUT2D eigenvalue weighted by molar-refractivity contribution is 5.75. The van der Waals surface area contributed by atoms with E-state index in [1.807, 2.05) is 0 Å². The summed E-state index contributed by atoms with van der Waals surface area (Å²) in [5.41, 5.74) is 5.97. The van der Waals surface area contributed by atoms with Crippen LogP contribution in [0.5, 0.6) is 0 Å². The Hall–Kier alpha value is -1.37. The zero-order valence-electron chi connectivity index (χ0n) is 19.9. The standard InChI is InChI=1S/C27H46O/c1-8-23(4)21-27(19-11-16-24(5)14-9-13-22(2)3)20-12-17-25(6)15-10-18-26(7)28/h13,15-16,20,23H,8-12,14,17-19,21H2,1-7H3. The molecule has 0 rings (SSSR count). The Balaban J connectivity index is 4.57. The Labute approximate surface area is 176 Å². The largest absolute Gasteiger partial charge is 0.300 e. The molecule has 0 amide bonds. The van der Waals surface area contributed by atoms with Gasteiger partial charge in [0.2, 0.25) is 0 Å². The molecule has 0 saturated carbocycles. The van der Waals surface area contributed by atoms with E-state index >= 15 is 0 Å². The molecule has 0 aliphatic rings. The first-order valence-corrected chi connectivity index (χ1v) is 11.4. The summed E-state index contributed by atoms with van der Waals surface area (Å²) in [6.07, 6.45) is 20.5. The van der Waals surface area contributed by atoms with Crippen LogP contribution in [0.4, 0.5) is 0 Å². The smallest absolute Gasteiger partial charge is 0.130 e. The van der Waals surface area contributed by atoms with E-state index in [2.05, 4.69) is 65.8 Å². The number of carbonyl (C=O) groups is 1. The second kappa shape index (κ2) is 16.6. The second-order valence-corrected chi connectivity index (χ2v) is 8.82. The summed E-state index contributed by atoms with van der Waals surface area (Å²) in [7, 11) is 0. The molecule has 0 aliphatic heterocycles. The topological polar surface area (TPSA) is 17.1 Å². The molecule has 0 aromatic heterocycles. The van der Waals surface area contributed by atoms with Gasteiger partial charge in [0.25, 0.3) is 0 Å². The van der Waals surface area contributed by atoms with Crippen LogP contribution in [0.15, 0.2) is 46.6 Å². The monoisotopic (exact) mass is 386 g/mol. The second-order valence-electron chi connectivity index (χ2n) is 8.82. The normalized spacial score (nSPS) is 14.2. The molecule has 0 N–H and O–H groups in total. The van der Waals surface area contributed by atoms with Crippen LogP contribution in [-0.4, -0.2) is 5.78 Å². The van der Waals surface area contributed by atoms with E-state index in [4.69, 9.17) is 0 Å². The predicted octanol–water partition coefficient (Wildman–Crippen LogP) is 8.92. The molecule has 0 spiro atoms. The van der Waals surface area contributed by atoms with Crippen molar-refractivity contribution in [1.82, 2.24) is 0 Å². The molecule has 0 fully saturated rings. The van der Waals surface area contributed by atoms with Crippen molar-refractivity contribution in [3.8, 4) is 0 Å². The Bertz CT molecular complexity index is 553. The average molecular weight is 387 g/mol. The third kappa shape index (κ3) is 16.8. The van der Waals surface area contributed by atoms with Crippen LogP contribution < -0.4 is 0 Å². The van der Waals surface area contributed by atoms with Gasteiger partial charge in [-0.15, -0.1) is 0 Å². The quantitative estimate of drug-likeness (QED) is 0.257. The Kier molecular flexibility index (Phi) is 15.8. The van der Waals surface area contributed by atoms with Crippen LogP contribution >= 0.6 is 0 Å². The number of hydrogen-bond acceptors (Lipinski definition) is 1. The summed E-state index contributed by atoms with van der Waals surface area (Å²) in [6, 6.07) is 0. The van der Waals surface area contributed by atoms with Gasteiger partial charge < -0.3 is 4.79 Å². The molecule has 28 heavy (non-hydrogen) atoms. The first-order valence-electron chi connectivity index (χ1n) is 11.4. The van der Waals surface area contributed by atoms with Crippen molar-refractivity contribution >= 4 is 5.78 Å². The fourth-order valence-electron chi connectivity index (χ4n) is 3.20. The maximum absolute atomic E-state index is 11.0. The van der Waals surface area contributed by atoms with E-state index in [-0.39, 0.29) is 5.78 Å². The summed E-state index contributed by atoms with van der Waals surface area (Å²) in [6.45, 7) is 15.1. The van der Waals surface area contributed by atoms with Crippen molar-refractivity contribution < 1.29 is 4.79 Å². The molecule has 160 valence electrons. The van der Waals surface area contributed by atoms with E-state index in [1.165, 1.54) is 42.4 Å². The first-order chi connectivity index (χ1) is 13.2. The van der Waals surface area contributed by atoms with Crippen molar-refractivity contribution in [2.24, 2.45) is 5.92 Å². The minimum Gasteiger partial charge on any atom is -0.300 e. The molecule has 1 atom stereocenters. The SMILES string of the molecule is CCC(C)CC(=CCCC(C)=CCCC(C)=O)CCC=C(C)CCC=C(C)C. The lowest BCUT2D eigenvalue weighted by atomic mass is 9.94. The van der Waals surface area contributed by atoms with Gasteiger partial charge >= 0.3 is 0 Å². The zero-order valence-corrected chi connectivity index (χ0v) is 19.9.